The number of hydrogen-bond acceptors (Lipinski definition) is 4. The number of fused-ring (bicyclic) bond motifs is 1. The van der Waals surface area contributed by atoms with Gasteiger partial charge in [-0.3, -0.25) is 4.79 Å². The molecule has 5 nitrogen and oxygen atoms in total. The van der Waals surface area contributed by atoms with Crippen molar-refractivity contribution in [2.75, 3.05) is 18.1 Å². The summed E-state index contributed by atoms with van der Waals surface area (Å²) in [5.74, 6) is 0.213. The molecule has 7 heteroatoms. The Morgan fingerprint density at radius 2 is 2.30 bits per heavy atom. The van der Waals surface area contributed by atoms with E-state index in [2.05, 4.69) is 11.6 Å². The van der Waals surface area contributed by atoms with Crippen LogP contribution in [-0.2, 0) is 14.6 Å². The highest BCUT2D eigenvalue weighted by molar-refractivity contribution is 8.15. The zero-order valence-corrected chi connectivity index (χ0v) is 13.3. The fourth-order valence-electron chi connectivity index (χ4n) is 2.48. The van der Waals surface area contributed by atoms with Crippen LogP contribution < -0.4 is 0 Å². The van der Waals surface area contributed by atoms with Crippen LogP contribution in [0.4, 0.5) is 0 Å². The third-order valence-corrected chi connectivity index (χ3v) is 6.71. The van der Waals surface area contributed by atoms with E-state index in [0.717, 1.165) is 12.8 Å². The quantitative estimate of drug-likeness (QED) is 0.718. The van der Waals surface area contributed by atoms with Gasteiger partial charge in [0.1, 0.15) is 0 Å². The minimum absolute atomic E-state index is 0.00215. The minimum Gasteiger partial charge on any atom is -0.342 e. The topological polar surface area (TPSA) is 66.8 Å². The Bertz CT molecular complexity index is 528. The number of amidine groups is 1. The lowest BCUT2D eigenvalue weighted by Gasteiger charge is -2.22. The summed E-state index contributed by atoms with van der Waals surface area (Å²) in [5, 5.41) is 0.661. The summed E-state index contributed by atoms with van der Waals surface area (Å²) in [6.07, 6.45) is 3.97. The number of rotatable bonds is 5. The van der Waals surface area contributed by atoms with Gasteiger partial charge in [0.15, 0.2) is 15.0 Å². The van der Waals surface area contributed by atoms with Gasteiger partial charge in [0.05, 0.1) is 17.5 Å². The Kier molecular flexibility index (Phi) is 4.90. The van der Waals surface area contributed by atoms with Gasteiger partial charge >= 0.3 is 0 Å². The van der Waals surface area contributed by atoms with E-state index in [-0.39, 0.29) is 28.7 Å². The maximum atomic E-state index is 11.8. The van der Waals surface area contributed by atoms with E-state index in [0.29, 0.717) is 18.1 Å². The number of amides is 1. The molecule has 0 radical (unpaired) electrons. The number of aliphatic imine (C=N–C) groups is 1. The highest BCUT2D eigenvalue weighted by Gasteiger charge is 2.48. The minimum atomic E-state index is -2.96. The molecule has 0 saturated carbocycles. The van der Waals surface area contributed by atoms with Crippen molar-refractivity contribution in [2.45, 2.75) is 37.5 Å². The first-order valence-electron chi connectivity index (χ1n) is 6.83. The maximum Gasteiger partial charge on any atom is 0.248 e. The fraction of sp³-hybridized carbons (Fsp3) is 0.692. The number of thioether (sulfide) groups is 1. The Hall–Kier alpha value is -0.820. The fourth-order valence-corrected chi connectivity index (χ4v) is 6.46. The van der Waals surface area contributed by atoms with E-state index in [1.807, 2.05) is 11.8 Å². The van der Waals surface area contributed by atoms with Crippen molar-refractivity contribution >= 4 is 32.7 Å². The average Bonchev–Trinajstić information content (AvgIpc) is 2.81. The van der Waals surface area contributed by atoms with E-state index in [1.165, 1.54) is 11.8 Å². The molecule has 2 saturated heterocycles. The van der Waals surface area contributed by atoms with Crippen LogP contribution in [0.15, 0.2) is 17.6 Å². The molecule has 2 aliphatic heterocycles. The molecule has 0 aliphatic carbocycles. The maximum absolute atomic E-state index is 11.8. The normalized spacial score (nSPS) is 29.6. The third kappa shape index (κ3) is 3.44. The van der Waals surface area contributed by atoms with Crippen molar-refractivity contribution in [2.24, 2.45) is 4.99 Å². The lowest BCUT2D eigenvalue weighted by Crippen LogP contribution is -2.37. The Labute approximate surface area is 124 Å². The second kappa shape index (κ2) is 6.30. The Morgan fingerprint density at radius 3 is 2.95 bits per heavy atom. The first kappa shape index (κ1) is 15.6. The van der Waals surface area contributed by atoms with Crippen LogP contribution in [0.5, 0.6) is 0 Å². The molecule has 112 valence electrons. The van der Waals surface area contributed by atoms with Gasteiger partial charge in [-0.15, -0.1) is 6.58 Å². The lowest BCUT2D eigenvalue weighted by atomic mass is 10.2. The zero-order valence-electron chi connectivity index (χ0n) is 11.6. The van der Waals surface area contributed by atoms with Crippen molar-refractivity contribution in [1.82, 2.24) is 4.90 Å². The number of unbranched alkanes of at least 4 members (excludes halogenated alkanes) is 1. The molecule has 2 heterocycles. The van der Waals surface area contributed by atoms with Gasteiger partial charge in [0.2, 0.25) is 5.91 Å². The standard InChI is InChI=1S/C13H20N2O3S2/c1-3-5-6-12(16)14-13-15(7-4-2)10-8-20(17,18)9-11(10)19-13/h4,10-11H,2-3,5-9H2,1H3/t10-,11-/m0/s1. The van der Waals surface area contributed by atoms with Crippen LogP contribution in [0.2, 0.25) is 0 Å². The molecule has 2 rings (SSSR count). The summed E-state index contributed by atoms with van der Waals surface area (Å²) in [6, 6.07) is -0.0688. The smallest absolute Gasteiger partial charge is 0.248 e. The molecule has 0 N–H and O–H groups in total. The molecule has 0 aromatic rings. The molecule has 2 aliphatic rings. The van der Waals surface area contributed by atoms with E-state index in [9.17, 15) is 13.2 Å². The molecule has 0 aromatic heterocycles. The summed E-state index contributed by atoms with van der Waals surface area (Å²) in [4.78, 5) is 17.9. The number of carbonyl (C=O) groups is 1. The van der Waals surface area contributed by atoms with Gasteiger partial charge in [-0.05, 0) is 6.42 Å². The molecule has 0 spiro atoms. The Morgan fingerprint density at radius 1 is 1.55 bits per heavy atom. The van der Waals surface area contributed by atoms with Crippen LogP contribution in [0, 0.1) is 0 Å². The summed E-state index contributed by atoms with van der Waals surface area (Å²) >= 11 is 1.42. The summed E-state index contributed by atoms with van der Waals surface area (Å²) in [5.41, 5.74) is 0. The molecular weight excluding hydrogens is 296 g/mol. The molecule has 2 atom stereocenters. The van der Waals surface area contributed by atoms with Crippen molar-refractivity contribution in [3.63, 3.8) is 0 Å². The molecule has 0 unspecified atom stereocenters. The second-order valence-corrected chi connectivity index (χ2v) is 8.49. The van der Waals surface area contributed by atoms with Crippen molar-refractivity contribution in [3.05, 3.63) is 12.7 Å². The summed E-state index contributed by atoms with van der Waals surface area (Å²) in [6.45, 7) is 6.26. The number of sulfone groups is 1. The molecule has 0 bridgehead atoms. The third-order valence-electron chi connectivity index (χ3n) is 3.47. The SMILES string of the molecule is C=CCN1C(=NC(=O)CCCC)S[C@H]2CS(=O)(=O)C[C@@H]21. The van der Waals surface area contributed by atoms with Crippen molar-refractivity contribution in [1.29, 1.82) is 0 Å². The first-order valence-corrected chi connectivity index (χ1v) is 9.53. The summed E-state index contributed by atoms with van der Waals surface area (Å²) < 4.78 is 23.4. The van der Waals surface area contributed by atoms with E-state index < -0.39 is 9.84 Å². The highest BCUT2D eigenvalue weighted by Crippen LogP contribution is 2.38. The van der Waals surface area contributed by atoms with Crippen LogP contribution in [0.3, 0.4) is 0 Å². The van der Waals surface area contributed by atoms with Crippen LogP contribution in [0.1, 0.15) is 26.2 Å². The van der Waals surface area contributed by atoms with Crippen LogP contribution >= 0.6 is 11.8 Å². The molecule has 2 fully saturated rings. The first-order chi connectivity index (χ1) is 9.46. The molecular formula is C13H20N2O3S2. The van der Waals surface area contributed by atoms with E-state index >= 15 is 0 Å². The predicted octanol–water partition coefficient (Wildman–Crippen LogP) is 1.46. The van der Waals surface area contributed by atoms with E-state index in [4.69, 9.17) is 0 Å². The van der Waals surface area contributed by atoms with E-state index in [1.54, 1.807) is 6.08 Å². The van der Waals surface area contributed by atoms with Crippen LogP contribution in [-0.4, -0.2) is 53.7 Å². The van der Waals surface area contributed by atoms with Gasteiger partial charge in [-0.1, -0.05) is 31.2 Å². The summed E-state index contributed by atoms with van der Waals surface area (Å²) in [7, 11) is -2.96. The average molecular weight is 316 g/mol. The van der Waals surface area contributed by atoms with Gasteiger partial charge in [0.25, 0.3) is 0 Å². The van der Waals surface area contributed by atoms with Gasteiger partial charge in [-0.2, -0.15) is 4.99 Å². The highest BCUT2D eigenvalue weighted by atomic mass is 32.2. The molecule has 0 aromatic carbocycles. The van der Waals surface area contributed by atoms with Crippen molar-refractivity contribution in [3.8, 4) is 0 Å². The number of carbonyl (C=O) groups excluding carboxylic acids is 1. The predicted molar refractivity (Wildman–Crippen MR) is 82.7 cm³/mol. The molecule has 1 amide bonds. The Balaban J connectivity index is 2.13. The molecule has 20 heavy (non-hydrogen) atoms. The van der Waals surface area contributed by atoms with Gasteiger partial charge < -0.3 is 4.90 Å². The number of hydrogen-bond donors (Lipinski definition) is 0. The van der Waals surface area contributed by atoms with Gasteiger partial charge in [-0.25, -0.2) is 8.42 Å². The second-order valence-electron chi connectivity index (χ2n) is 5.13. The lowest BCUT2D eigenvalue weighted by molar-refractivity contribution is -0.117. The van der Waals surface area contributed by atoms with Gasteiger partial charge in [0, 0.05) is 18.2 Å². The van der Waals surface area contributed by atoms with Crippen LogP contribution in [0.25, 0.3) is 0 Å². The van der Waals surface area contributed by atoms with Crippen molar-refractivity contribution < 1.29 is 13.2 Å². The largest absolute Gasteiger partial charge is 0.342 e. The number of nitrogens with zero attached hydrogens (tertiary/aromatic N) is 2. The monoisotopic (exact) mass is 316 g/mol. The zero-order chi connectivity index (χ0) is 14.8.